The second-order valence-electron chi connectivity index (χ2n) is 4.49. The summed E-state index contributed by atoms with van der Waals surface area (Å²) in [6.45, 7) is 2.67. The quantitative estimate of drug-likeness (QED) is 0.672. The van der Waals surface area contributed by atoms with E-state index in [4.69, 9.17) is 4.74 Å². The van der Waals surface area contributed by atoms with Gasteiger partial charge in [0.25, 0.3) is 4.96 Å². The van der Waals surface area contributed by atoms with E-state index in [1.165, 1.54) is 15.7 Å². The standard InChI is InChI=1S/C11H14N4O3S/c1-2-18-8-5-7(6-8)12-9-10(15(16)17)14-3-4-19-11(14)13-9/h3-4,7-8,12H,2,5-6H2,1H3. The molecule has 0 bridgehead atoms. The average Bonchev–Trinajstić information content (AvgIpc) is 2.85. The van der Waals surface area contributed by atoms with Crippen molar-refractivity contribution in [1.82, 2.24) is 9.38 Å². The normalized spacial score (nSPS) is 22.4. The molecule has 1 saturated carbocycles. The zero-order chi connectivity index (χ0) is 13.4. The van der Waals surface area contributed by atoms with Crippen LogP contribution in [0.4, 0.5) is 11.6 Å². The molecule has 2 aromatic heterocycles. The Morgan fingerprint density at radius 1 is 1.68 bits per heavy atom. The summed E-state index contributed by atoms with van der Waals surface area (Å²) in [4.78, 5) is 15.6. The molecular formula is C11H14N4O3S. The lowest BCUT2D eigenvalue weighted by Gasteiger charge is -2.35. The first-order chi connectivity index (χ1) is 9.19. The molecule has 2 aromatic rings. The maximum atomic E-state index is 11.1. The summed E-state index contributed by atoms with van der Waals surface area (Å²) in [6, 6.07) is 0.208. The summed E-state index contributed by atoms with van der Waals surface area (Å²) >= 11 is 1.38. The van der Waals surface area contributed by atoms with E-state index in [9.17, 15) is 10.1 Å². The Balaban J connectivity index is 1.76. The molecule has 0 spiro atoms. The van der Waals surface area contributed by atoms with Crippen LogP contribution >= 0.6 is 11.3 Å². The first-order valence-electron chi connectivity index (χ1n) is 6.17. The molecule has 0 amide bonds. The Morgan fingerprint density at radius 2 is 2.47 bits per heavy atom. The van der Waals surface area contributed by atoms with Gasteiger partial charge in [-0.1, -0.05) is 11.3 Å². The van der Waals surface area contributed by atoms with Crippen LogP contribution in [0.2, 0.25) is 0 Å². The van der Waals surface area contributed by atoms with Gasteiger partial charge in [0.05, 0.1) is 6.10 Å². The van der Waals surface area contributed by atoms with E-state index in [1.807, 2.05) is 6.92 Å². The fourth-order valence-electron chi connectivity index (χ4n) is 2.29. The molecule has 0 unspecified atom stereocenters. The molecule has 8 heteroatoms. The second-order valence-corrected chi connectivity index (χ2v) is 5.36. The Bertz CT molecular complexity index is 602. The number of ether oxygens (including phenoxy) is 1. The molecular weight excluding hydrogens is 268 g/mol. The number of imidazole rings is 1. The van der Waals surface area contributed by atoms with Crippen LogP contribution in [0.5, 0.6) is 0 Å². The topological polar surface area (TPSA) is 81.7 Å². The van der Waals surface area contributed by atoms with Crippen LogP contribution in [-0.2, 0) is 4.74 Å². The lowest BCUT2D eigenvalue weighted by atomic mass is 9.89. The summed E-state index contributed by atoms with van der Waals surface area (Å²) in [7, 11) is 0. The smallest absolute Gasteiger partial charge is 0.372 e. The minimum atomic E-state index is -0.395. The van der Waals surface area contributed by atoms with Crippen molar-refractivity contribution < 1.29 is 9.66 Å². The largest absolute Gasteiger partial charge is 0.378 e. The SMILES string of the molecule is CCOC1CC(Nc2nc3sccn3c2[N+](=O)[O-])C1. The number of rotatable bonds is 5. The summed E-state index contributed by atoms with van der Waals surface area (Å²) < 4.78 is 6.98. The minimum Gasteiger partial charge on any atom is -0.378 e. The third-order valence-electron chi connectivity index (χ3n) is 3.25. The Labute approximate surface area is 113 Å². The lowest BCUT2D eigenvalue weighted by Crippen LogP contribution is -2.41. The molecule has 1 aliphatic rings. The zero-order valence-corrected chi connectivity index (χ0v) is 11.2. The Morgan fingerprint density at radius 3 is 3.16 bits per heavy atom. The van der Waals surface area contributed by atoms with Gasteiger partial charge in [-0.05, 0) is 24.7 Å². The number of hydrogen-bond donors (Lipinski definition) is 1. The number of nitro groups is 1. The van der Waals surface area contributed by atoms with Gasteiger partial charge in [-0.3, -0.25) is 0 Å². The Kier molecular flexibility index (Phi) is 3.11. The van der Waals surface area contributed by atoms with Crippen molar-refractivity contribution in [3.05, 3.63) is 21.7 Å². The molecule has 0 saturated heterocycles. The molecule has 7 nitrogen and oxygen atoms in total. The maximum absolute atomic E-state index is 11.1. The van der Waals surface area contributed by atoms with Gasteiger partial charge in [0.15, 0.2) is 0 Å². The predicted octanol–water partition coefficient (Wildman–Crippen LogP) is 2.28. The highest BCUT2D eigenvalue weighted by Gasteiger charge is 2.33. The van der Waals surface area contributed by atoms with Crippen LogP contribution in [0.15, 0.2) is 11.6 Å². The molecule has 0 atom stereocenters. The van der Waals surface area contributed by atoms with Crippen molar-refractivity contribution in [2.75, 3.05) is 11.9 Å². The highest BCUT2D eigenvalue weighted by Crippen LogP contribution is 2.32. The molecule has 102 valence electrons. The molecule has 1 N–H and O–H groups in total. The number of nitrogens with zero attached hydrogens (tertiary/aromatic N) is 3. The highest BCUT2D eigenvalue weighted by atomic mass is 32.1. The molecule has 1 fully saturated rings. The van der Waals surface area contributed by atoms with Crippen LogP contribution in [0.1, 0.15) is 19.8 Å². The third-order valence-corrected chi connectivity index (χ3v) is 4.00. The summed E-state index contributed by atoms with van der Waals surface area (Å²) in [5.74, 6) is 0.368. The molecule has 19 heavy (non-hydrogen) atoms. The van der Waals surface area contributed by atoms with Gasteiger partial charge in [-0.2, -0.15) is 9.38 Å². The van der Waals surface area contributed by atoms with Gasteiger partial charge in [0, 0.05) is 18.0 Å². The fraction of sp³-hybridized carbons (Fsp3) is 0.545. The molecule has 1 aliphatic carbocycles. The van der Waals surface area contributed by atoms with Crippen molar-refractivity contribution >= 4 is 27.9 Å². The summed E-state index contributed by atoms with van der Waals surface area (Å²) in [6.07, 6.45) is 3.68. The van der Waals surface area contributed by atoms with Crippen molar-refractivity contribution in [3.8, 4) is 0 Å². The predicted molar refractivity (Wildman–Crippen MR) is 71.8 cm³/mol. The van der Waals surface area contributed by atoms with Crippen LogP contribution in [0.25, 0.3) is 4.96 Å². The van der Waals surface area contributed by atoms with E-state index >= 15 is 0 Å². The summed E-state index contributed by atoms with van der Waals surface area (Å²) in [5, 5.41) is 16.1. The monoisotopic (exact) mass is 282 g/mol. The zero-order valence-electron chi connectivity index (χ0n) is 10.4. The number of hydrogen-bond acceptors (Lipinski definition) is 6. The van der Waals surface area contributed by atoms with Crippen molar-refractivity contribution in [2.24, 2.45) is 0 Å². The molecule has 2 heterocycles. The van der Waals surface area contributed by atoms with Gasteiger partial charge in [-0.15, -0.1) is 0 Å². The van der Waals surface area contributed by atoms with E-state index in [1.54, 1.807) is 11.6 Å². The number of anilines is 1. The number of nitrogens with one attached hydrogen (secondary N) is 1. The summed E-state index contributed by atoms with van der Waals surface area (Å²) in [5.41, 5.74) is 0. The van der Waals surface area contributed by atoms with Crippen molar-refractivity contribution in [1.29, 1.82) is 0 Å². The first kappa shape index (κ1) is 12.4. The Hall–Kier alpha value is -1.67. The van der Waals surface area contributed by atoms with E-state index in [2.05, 4.69) is 10.3 Å². The van der Waals surface area contributed by atoms with E-state index in [0.29, 0.717) is 17.4 Å². The van der Waals surface area contributed by atoms with Gasteiger partial charge < -0.3 is 20.2 Å². The number of thiazole rings is 1. The molecule has 3 rings (SSSR count). The van der Waals surface area contributed by atoms with Crippen molar-refractivity contribution in [2.45, 2.75) is 31.9 Å². The molecule has 0 radical (unpaired) electrons. The molecule has 0 aliphatic heterocycles. The van der Waals surface area contributed by atoms with Gasteiger partial charge in [-0.25, -0.2) is 0 Å². The molecule has 0 aromatic carbocycles. The van der Waals surface area contributed by atoms with Gasteiger partial charge in [0.1, 0.15) is 6.20 Å². The lowest BCUT2D eigenvalue weighted by molar-refractivity contribution is -0.389. The van der Waals surface area contributed by atoms with Crippen LogP contribution in [0, 0.1) is 10.1 Å². The number of fused-ring (bicyclic) bond motifs is 1. The maximum Gasteiger partial charge on any atom is 0.372 e. The fourth-order valence-corrected chi connectivity index (χ4v) is 3.00. The van der Waals surface area contributed by atoms with Gasteiger partial charge in [0.2, 0.25) is 5.82 Å². The van der Waals surface area contributed by atoms with E-state index < -0.39 is 4.92 Å². The number of aromatic nitrogens is 2. The highest BCUT2D eigenvalue weighted by molar-refractivity contribution is 7.15. The minimum absolute atomic E-state index is 0.0103. The average molecular weight is 282 g/mol. The first-order valence-corrected chi connectivity index (χ1v) is 7.05. The second kappa shape index (κ2) is 4.78. The third kappa shape index (κ3) is 2.17. The van der Waals surface area contributed by atoms with Crippen LogP contribution in [-0.4, -0.2) is 33.1 Å². The van der Waals surface area contributed by atoms with Crippen molar-refractivity contribution in [3.63, 3.8) is 0 Å². The van der Waals surface area contributed by atoms with Crippen LogP contribution in [0.3, 0.4) is 0 Å². The van der Waals surface area contributed by atoms with Gasteiger partial charge >= 0.3 is 5.82 Å². The van der Waals surface area contributed by atoms with E-state index in [0.717, 1.165) is 12.8 Å². The van der Waals surface area contributed by atoms with Crippen LogP contribution < -0.4 is 5.32 Å². The van der Waals surface area contributed by atoms with E-state index in [-0.39, 0.29) is 18.0 Å².